The summed E-state index contributed by atoms with van der Waals surface area (Å²) in [5.74, 6) is 0. The highest BCUT2D eigenvalue weighted by Gasteiger charge is 1.94. The van der Waals surface area contributed by atoms with Gasteiger partial charge >= 0.3 is 0 Å². The lowest BCUT2D eigenvalue weighted by atomic mass is 10.1. The molecule has 1 aromatic carbocycles. The quantitative estimate of drug-likeness (QED) is 0.842. The first-order chi connectivity index (χ1) is 7.84. The van der Waals surface area contributed by atoms with Crippen LogP contribution in [0.15, 0.2) is 48.7 Å². The molecule has 0 radical (unpaired) electrons. The topological polar surface area (TPSA) is 24.9 Å². The molecule has 0 aliphatic carbocycles. The number of aromatic nitrogens is 1. The number of pyridine rings is 1. The second kappa shape index (κ2) is 5.42. The average molecular weight is 212 g/mol. The van der Waals surface area contributed by atoms with Crippen LogP contribution in [0.1, 0.15) is 16.8 Å². The standard InChI is InChI=1S/C14H16N2/c1-12-5-7-13(8-6-12)10-15-11-14-4-2-3-9-16-14/h2-9,15H,10-11H2,1H3. The number of nitrogens with one attached hydrogen (secondary N) is 1. The van der Waals surface area contributed by atoms with Gasteiger partial charge in [-0.05, 0) is 24.6 Å². The molecule has 0 fully saturated rings. The highest BCUT2D eigenvalue weighted by Crippen LogP contribution is 2.02. The molecule has 0 unspecified atom stereocenters. The maximum Gasteiger partial charge on any atom is 0.0541 e. The lowest BCUT2D eigenvalue weighted by molar-refractivity contribution is 0.679. The summed E-state index contributed by atoms with van der Waals surface area (Å²) in [6.45, 7) is 3.80. The molecule has 1 aromatic heterocycles. The van der Waals surface area contributed by atoms with Gasteiger partial charge in [0.15, 0.2) is 0 Å². The van der Waals surface area contributed by atoms with Crippen LogP contribution in [-0.2, 0) is 13.1 Å². The minimum atomic E-state index is 0.814. The number of hydrogen-bond acceptors (Lipinski definition) is 2. The van der Waals surface area contributed by atoms with Gasteiger partial charge in [-0.15, -0.1) is 0 Å². The Kier molecular flexibility index (Phi) is 3.67. The second-order valence-electron chi connectivity index (χ2n) is 3.91. The number of rotatable bonds is 4. The van der Waals surface area contributed by atoms with Crippen molar-refractivity contribution in [3.63, 3.8) is 0 Å². The van der Waals surface area contributed by atoms with Gasteiger partial charge in [-0.3, -0.25) is 4.98 Å². The molecule has 0 spiro atoms. The zero-order valence-electron chi connectivity index (χ0n) is 9.48. The average Bonchev–Trinajstić information content (AvgIpc) is 2.33. The van der Waals surface area contributed by atoms with Gasteiger partial charge in [-0.25, -0.2) is 0 Å². The van der Waals surface area contributed by atoms with Gasteiger partial charge in [-0.1, -0.05) is 35.9 Å². The fourth-order valence-electron chi connectivity index (χ4n) is 1.54. The van der Waals surface area contributed by atoms with Crippen LogP contribution in [0.5, 0.6) is 0 Å². The lowest BCUT2D eigenvalue weighted by Crippen LogP contribution is -2.13. The largest absolute Gasteiger partial charge is 0.307 e. The summed E-state index contributed by atoms with van der Waals surface area (Å²) in [4.78, 5) is 4.26. The van der Waals surface area contributed by atoms with E-state index in [0.717, 1.165) is 18.8 Å². The van der Waals surface area contributed by atoms with E-state index in [-0.39, 0.29) is 0 Å². The number of aryl methyl sites for hydroxylation is 1. The van der Waals surface area contributed by atoms with Crippen LogP contribution in [0.3, 0.4) is 0 Å². The third-order valence-electron chi connectivity index (χ3n) is 2.48. The Morgan fingerprint density at radius 3 is 2.50 bits per heavy atom. The van der Waals surface area contributed by atoms with E-state index in [1.54, 1.807) is 0 Å². The van der Waals surface area contributed by atoms with Crippen LogP contribution < -0.4 is 5.32 Å². The van der Waals surface area contributed by atoms with E-state index in [1.165, 1.54) is 11.1 Å². The highest BCUT2D eigenvalue weighted by atomic mass is 14.9. The number of nitrogens with zero attached hydrogens (tertiary/aromatic N) is 1. The molecule has 0 atom stereocenters. The molecular weight excluding hydrogens is 196 g/mol. The fraction of sp³-hybridized carbons (Fsp3) is 0.214. The zero-order chi connectivity index (χ0) is 11.2. The predicted molar refractivity (Wildman–Crippen MR) is 66.0 cm³/mol. The minimum Gasteiger partial charge on any atom is -0.307 e. The van der Waals surface area contributed by atoms with Crippen LogP contribution >= 0.6 is 0 Å². The van der Waals surface area contributed by atoms with Crippen molar-refractivity contribution in [3.05, 3.63) is 65.5 Å². The maximum absolute atomic E-state index is 4.26. The molecule has 0 saturated carbocycles. The van der Waals surface area contributed by atoms with E-state index in [2.05, 4.69) is 41.5 Å². The van der Waals surface area contributed by atoms with E-state index in [0.29, 0.717) is 0 Å². The Balaban J connectivity index is 1.82. The molecule has 0 aliphatic heterocycles. The fourth-order valence-corrected chi connectivity index (χ4v) is 1.54. The molecule has 2 aromatic rings. The van der Waals surface area contributed by atoms with Gasteiger partial charge < -0.3 is 5.32 Å². The monoisotopic (exact) mass is 212 g/mol. The van der Waals surface area contributed by atoms with Crippen molar-refractivity contribution < 1.29 is 0 Å². The van der Waals surface area contributed by atoms with E-state index in [1.807, 2.05) is 24.4 Å². The molecule has 1 heterocycles. The molecule has 0 saturated heterocycles. The van der Waals surface area contributed by atoms with E-state index >= 15 is 0 Å². The van der Waals surface area contributed by atoms with Gasteiger partial charge in [0.2, 0.25) is 0 Å². The van der Waals surface area contributed by atoms with Crippen molar-refractivity contribution in [3.8, 4) is 0 Å². The minimum absolute atomic E-state index is 0.814. The molecule has 0 bridgehead atoms. The summed E-state index contributed by atoms with van der Waals surface area (Å²) in [5.41, 5.74) is 3.68. The Morgan fingerprint density at radius 2 is 1.81 bits per heavy atom. The molecule has 0 amide bonds. The van der Waals surface area contributed by atoms with Crippen molar-refractivity contribution in [2.45, 2.75) is 20.0 Å². The molecule has 2 heteroatoms. The van der Waals surface area contributed by atoms with Gasteiger partial charge in [0.25, 0.3) is 0 Å². The molecule has 0 aliphatic rings. The summed E-state index contributed by atoms with van der Waals surface area (Å²) >= 11 is 0. The van der Waals surface area contributed by atoms with Gasteiger partial charge in [0.1, 0.15) is 0 Å². The lowest BCUT2D eigenvalue weighted by Gasteiger charge is -2.04. The van der Waals surface area contributed by atoms with Crippen LogP contribution in [0.2, 0.25) is 0 Å². The van der Waals surface area contributed by atoms with Crippen molar-refractivity contribution in [2.75, 3.05) is 0 Å². The zero-order valence-corrected chi connectivity index (χ0v) is 9.48. The summed E-state index contributed by atoms with van der Waals surface area (Å²) in [6.07, 6.45) is 1.82. The van der Waals surface area contributed by atoms with Gasteiger partial charge in [0, 0.05) is 19.3 Å². The first kappa shape index (κ1) is 10.8. The Morgan fingerprint density at radius 1 is 1.00 bits per heavy atom. The molecule has 2 rings (SSSR count). The Hall–Kier alpha value is -1.67. The van der Waals surface area contributed by atoms with Gasteiger partial charge in [-0.2, -0.15) is 0 Å². The van der Waals surface area contributed by atoms with Crippen molar-refractivity contribution in [1.82, 2.24) is 10.3 Å². The van der Waals surface area contributed by atoms with E-state index in [9.17, 15) is 0 Å². The number of hydrogen-bond donors (Lipinski definition) is 1. The molecule has 82 valence electrons. The maximum atomic E-state index is 4.26. The van der Waals surface area contributed by atoms with Gasteiger partial charge in [0.05, 0.1) is 5.69 Å². The predicted octanol–water partition coefficient (Wildman–Crippen LogP) is 2.68. The summed E-state index contributed by atoms with van der Waals surface area (Å²) in [5, 5.41) is 3.37. The first-order valence-corrected chi connectivity index (χ1v) is 5.51. The summed E-state index contributed by atoms with van der Waals surface area (Å²) in [6, 6.07) is 14.6. The van der Waals surface area contributed by atoms with Crippen LogP contribution in [0.25, 0.3) is 0 Å². The van der Waals surface area contributed by atoms with Crippen molar-refractivity contribution >= 4 is 0 Å². The third kappa shape index (κ3) is 3.17. The Bertz CT molecular complexity index is 420. The summed E-state index contributed by atoms with van der Waals surface area (Å²) in [7, 11) is 0. The molecular formula is C14H16N2. The van der Waals surface area contributed by atoms with Crippen molar-refractivity contribution in [1.29, 1.82) is 0 Å². The van der Waals surface area contributed by atoms with E-state index in [4.69, 9.17) is 0 Å². The number of benzene rings is 1. The van der Waals surface area contributed by atoms with Crippen molar-refractivity contribution in [2.24, 2.45) is 0 Å². The van der Waals surface area contributed by atoms with Crippen LogP contribution in [0, 0.1) is 6.92 Å². The normalized spacial score (nSPS) is 10.3. The highest BCUT2D eigenvalue weighted by molar-refractivity contribution is 5.21. The SMILES string of the molecule is Cc1ccc(CNCc2ccccn2)cc1. The smallest absolute Gasteiger partial charge is 0.0541 e. The first-order valence-electron chi connectivity index (χ1n) is 5.51. The molecule has 2 nitrogen and oxygen atoms in total. The van der Waals surface area contributed by atoms with E-state index < -0.39 is 0 Å². The Labute approximate surface area is 96.4 Å². The van der Waals surface area contributed by atoms with Crippen LogP contribution in [0.4, 0.5) is 0 Å². The second-order valence-corrected chi connectivity index (χ2v) is 3.91. The molecule has 16 heavy (non-hydrogen) atoms. The van der Waals surface area contributed by atoms with Crippen LogP contribution in [-0.4, -0.2) is 4.98 Å². The summed E-state index contributed by atoms with van der Waals surface area (Å²) < 4.78 is 0. The molecule has 1 N–H and O–H groups in total. The third-order valence-corrected chi connectivity index (χ3v) is 2.48.